The molecule has 2 rings (SSSR count). The van der Waals surface area contributed by atoms with Gasteiger partial charge in [-0.05, 0) is 38.0 Å². The van der Waals surface area contributed by atoms with Gasteiger partial charge in [0.2, 0.25) is 5.91 Å². The maximum Gasteiger partial charge on any atom is 0.241 e. The minimum atomic E-state index is 0.0199. The molecular formula is C15H28N2O2. The van der Waals surface area contributed by atoms with Gasteiger partial charge in [0.05, 0.1) is 18.3 Å². The van der Waals surface area contributed by atoms with Crippen LogP contribution in [-0.2, 0) is 9.53 Å². The van der Waals surface area contributed by atoms with E-state index in [0.29, 0.717) is 24.0 Å². The first-order valence-electron chi connectivity index (χ1n) is 7.67. The number of amides is 1. The lowest BCUT2D eigenvalue weighted by molar-refractivity contribution is -0.132. The zero-order valence-corrected chi connectivity index (χ0v) is 12.7. The maximum atomic E-state index is 12.6. The molecule has 1 heterocycles. The molecule has 4 heteroatoms. The molecule has 1 aliphatic carbocycles. The minimum Gasteiger partial charge on any atom is -0.381 e. The number of nitrogens with one attached hydrogen (secondary N) is 1. The molecule has 1 saturated carbocycles. The van der Waals surface area contributed by atoms with E-state index in [0.717, 1.165) is 32.1 Å². The van der Waals surface area contributed by atoms with Gasteiger partial charge in [-0.1, -0.05) is 20.8 Å². The maximum absolute atomic E-state index is 12.6. The summed E-state index contributed by atoms with van der Waals surface area (Å²) in [7, 11) is 1.77. The van der Waals surface area contributed by atoms with E-state index < -0.39 is 0 Å². The molecular weight excluding hydrogens is 240 g/mol. The summed E-state index contributed by atoms with van der Waals surface area (Å²) in [6, 6.07) is 0.388. The van der Waals surface area contributed by atoms with Crippen LogP contribution in [0.3, 0.4) is 0 Å². The molecule has 1 N–H and O–H groups in total. The fraction of sp³-hybridized carbons (Fsp3) is 0.933. The molecule has 0 spiro atoms. The molecule has 4 nitrogen and oxygen atoms in total. The summed E-state index contributed by atoms with van der Waals surface area (Å²) in [6.45, 7) is 6.50. The van der Waals surface area contributed by atoms with Crippen molar-refractivity contribution in [2.24, 2.45) is 5.92 Å². The van der Waals surface area contributed by atoms with Crippen LogP contribution < -0.4 is 5.32 Å². The Kier molecular flexibility index (Phi) is 4.85. The van der Waals surface area contributed by atoms with Crippen LogP contribution in [0.2, 0.25) is 0 Å². The zero-order chi connectivity index (χ0) is 14.0. The lowest BCUT2D eigenvalue weighted by Crippen LogP contribution is -2.43. The summed E-state index contributed by atoms with van der Waals surface area (Å²) < 4.78 is 5.44. The van der Waals surface area contributed by atoms with Gasteiger partial charge in [0.1, 0.15) is 0 Å². The van der Waals surface area contributed by atoms with Gasteiger partial charge in [-0.2, -0.15) is 0 Å². The molecule has 19 heavy (non-hydrogen) atoms. The van der Waals surface area contributed by atoms with Crippen molar-refractivity contribution in [3.05, 3.63) is 0 Å². The van der Waals surface area contributed by atoms with Crippen molar-refractivity contribution in [2.75, 3.05) is 7.11 Å². The van der Waals surface area contributed by atoms with E-state index >= 15 is 0 Å². The highest BCUT2D eigenvalue weighted by atomic mass is 16.5. The van der Waals surface area contributed by atoms with Gasteiger partial charge in [0, 0.05) is 13.2 Å². The molecule has 4 atom stereocenters. The van der Waals surface area contributed by atoms with Crippen molar-refractivity contribution < 1.29 is 9.53 Å². The second-order valence-corrected chi connectivity index (χ2v) is 6.34. The summed E-state index contributed by atoms with van der Waals surface area (Å²) in [5, 5.41) is 3.52. The van der Waals surface area contributed by atoms with E-state index in [-0.39, 0.29) is 12.2 Å². The largest absolute Gasteiger partial charge is 0.381 e. The Morgan fingerprint density at radius 2 is 2.16 bits per heavy atom. The van der Waals surface area contributed by atoms with Crippen LogP contribution in [0.1, 0.15) is 52.9 Å². The van der Waals surface area contributed by atoms with Crippen molar-refractivity contribution in [1.29, 1.82) is 0 Å². The van der Waals surface area contributed by atoms with Gasteiger partial charge in [-0.3, -0.25) is 10.1 Å². The van der Waals surface area contributed by atoms with Gasteiger partial charge >= 0.3 is 0 Å². The lowest BCUT2D eigenvalue weighted by atomic mass is 10.0. The lowest BCUT2D eigenvalue weighted by Gasteiger charge is -2.29. The Labute approximate surface area is 116 Å². The Hall–Kier alpha value is -0.610. The van der Waals surface area contributed by atoms with Gasteiger partial charge < -0.3 is 9.64 Å². The minimum absolute atomic E-state index is 0.0199. The van der Waals surface area contributed by atoms with Gasteiger partial charge in [0.25, 0.3) is 0 Å². The van der Waals surface area contributed by atoms with Crippen LogP contribution in [0, 0.1) is 5.92 Å². The number of rotatable bonds is 5. The number of hydrogen-bond donors (Lipinski definition) is 1. The summed E-state index contributed by atoms with van der Waals surface area (Å²) in [6.07, 6.45) is 5.62. The normalized spacial score (nSPS) is 35.6. The third-order valence-corrected chi connectivity index (χ3v) is 4.46. The highest BCUT2D eigenvalue weighted by Gasteiger charge is 2.43. The Bertz CT molecular complexity index is 319. The molecule has 1 saturated heterocycles. The zero-order valence-electron chi connectivity index (χ0n) is 12.7. The topological polar surface area (TPSA) is 41.6 Å². The number of ether oxygens (including phenoxy) is 1. The van der Waals surface area contributed by atoms with E-state index in [1.54, 1.807) is 7.11 Å². The molecule has 0 radical (unpaired) electrons. The molecule has 0 bridgehead atoms. The van der Waals surface area contributed by atoms with E-state index in [1.807, 2.05) is 0 Å². The predicted molar refractivity (Wildman–Crippen MR) is 75.7 cm³/mol. The van der Waals surface area contributed by atoms with Gasteiger partial charge in [-0.15, -0.1) is 0 Å². The Balaban J connectivity index is 2.04. The second-order valence-electron chi connectivity index (χ2n) is 6.34. The SMILES string of the molecule is CCC1NC(CC(C)C)C(=O)N1C1CCC(OC)C1. The van der Waals surface area contributed by atoms with E-state index in [4.69, 9.17) is 4.74 Å². The standard InChI is InChI=1S/C15H28N2O2/c1-5-14-16-13(8-10(2)3)15(18)17(14)11-6-7-12(9-11)19-4/h10-14,16H,5-9H2,1-4H3. The van der Waals surface area contributed by atoms with Crippen molar-refractivity contribution in [2.45, 2.75) is 77.2 Å². The summed E-state index contributed by atoms with van der Waals surface area (Å²) in [5.74, 6) is 0.858. The van der Waals surface area contributed by atoms with E-state index in [1.165, 1.54) is 0 Å². The highest BCUT2D eigenvalue weighted by Crippen LogP contribution is 2.31. The molecule has 2 aliphatic rings. The first-order valence-corrected chi connectivity index (χ1v) is 7.67. The average Bonchev–Trinajstić information content (AvgIpc) is 2.94. The predicted octanol–water partition coefficient (Wildman–Crippen LogP) is 2.14. The smallest absolute Gasteiger partial charge is 0.241 e. The molecule has 1 aliphatic heterocycles. The van der Waals surface area contributed by atoms with Gasteiger partial charge in [-0.25, -0.2) is 0 Å². The molecule has 0 aromatic heterocycles. The number of methoxy groups -OCH3 is 1. The third-order valence-electron chi connectivity index (χ3n) is 4.46. The van der Waals surface area contributed by atoms with Crippen LogP contribution in [0.4, 0.5) is 0 Å². The van der Waals surface area contributed by atoms with Crippen molar-refractivity contribution in [1.82, 2.24) is 10.2 Å². The van der Waals surface area contributed by atoms with Crippen LogP contribution in [0.15, 0.2) is 0 Å². The molecule has 0 aromatic rings. The van der Waals surface area contributed by atoms with Crippen molar-refractivity contribution in [3.63, 3.8) is 0 Å². The van der Waals surface area contributed by atoms with E-state index in [2.05, 4.69) is 31.0 Å². The van der Waals surface area contributed by atoms with Crippen molar-refractivity contribution in [3.8, 4) is 0 Å². The fourth-order valence-corrected chi connectivity index (χ4v) is 3.49. The highest BCUT2D eigenvalue weighted by molar-refractivity contribution is 5.84. The van der Waals surface area contributed by atoms with Crippen LogP contribution in [0.5, 0.6) is 0 Å². The van der Waals surface area contributed by atoms with Gasteiger partial charge in [0.15, 0.2) is 0 Å². The van der Waals surface area contributed by atoms with Crippen LogP contribution in [0.25, 0.3) is 0 Å². The molecule has 2 fully saturated rings. The Morgan fingerprint density at radius 3 is 2.68 bits per heavy atom. The number of carbonyl (C=O) groups excluding carboxylic acids is 1. The van der Waals surface area contributed by atoms with Crippen LogP contribution in [-0.4, -0.2) is 42.3 Å². The quantitative estimate of drug-likeness (QED) is 0.830. The number of hydrogen-bond acceptors (Lipinski definition) is 3. The fourth-order valence-electron chi connectivity index (χ4n) is 3.49. The summed E-state index contributed by atoms with van der Waals surface area (Å²) in [4.78, 5) is 14.7. The third kappa shape index (κ3) is 3.11. The summed E-state index contributed by atoms with van der Waals surface area (Å²) >= 11 is 0. The van der Waals surface area contributed by atoms with Crippen LogP contribution >= 0.6 is 0 Å². The molecule has 0 aromatic carbocycles. The second kappa shape index (κ2) is 6.23. The Morgan fingerprint density at radius 1 is 1.42 bits per heavy atom. The first-order chi connectivity index (χ1) is 9.06. The monoisotopic (exact) mass is 268 g/mol. The number of nitrogens with zero attached hydrogens (tertiary/aromatic N) is 1. The molecule has 4 unspecified atom stereocenters. The first kappa shape index (κ1) is 14.8. The van der Waals surface area contributed by atoms with E-state index in [9.17, 15) is 4.79 Å². The summed E-state index contributed by atoms with van der Waals surface area (Å²) in [5.41, 5.74) is 0. The number of carbonyl (C=O) groups is 1. The molecule has 1 amide bonds. The molecule has 110 valence electrons. The van der Waals surface area contributed by atoms with Crippen molar-refractivity contribution >= 4 is 5.91 Å². The average molecular weight is 268 g/mol.